The maximum absolute atomic E-state index is 3.95. The smallest absolute Gasteiger partial charge is 0 e. The van der Waals surface area contributed by atoms with Crippen LogP contribution in [-0.2, 0) is 20.4 Å². The van der Waals surface area contributed by atoms with Crippen LogP contribution in [0.2, 0.25) is 0 Å². The van der Waals surface area contributed by atoms with Crippen LogP contribution in [0.4, 0.5) is 0 Å². The first-order chi connectivity index (χ1) is 4.80. The van der Waals surface area contributed by atoms with Crippen molar-refractivity contribution >= 4 is 11.3 Å². The molecule has 0 unspecified atom stereocenters. The quantitative estimate of drug-likeness (QED) is 0.448. The standard InChI is InChI=1S/C6H7NS.C2H6.Re.Rf/c1-5(2)6-3-8-4-7-6;1-2;;/h5H,1-2H3;1-2H3;;/q-2;;;. The normalized spacial score (nSPS) is 7.42. The summed E-state index contributed by atoms with van der Waals surface area (Å²) < 4.78 is 0. The Morgan fingerprint density at radius 3 is 2.00 bits per heavy atom. The molecule has 0 saturated carbocycles. The van der Waals surface area contributed by atoms with Crippen molar-refractivity contribution in [2.24, 2.45) is 0 Å². The zero-order valence-corrected chi connectivity index (χ0v) is 17.9. The summed E-state index contributed by atoms with van der Waals surface area (Å²) in [6.07, 6.45) is 0. The SMILES string of the molecule is CC.CC(C)c1[c-]s[c-]n1.[Re].[Rf]. The average Bonchev–Trinajstić information content (AvgIpc) is 2.42. The summed E-state index contributed by atoms with van der Waals surface area (Å²) in [6, 6.07) is 0. The van der Waals surface area contributed by atoms with Gasteiger partial charge in [-0.3, -0.25) is 0 Å². The zero-order valence-electron chi connectivity index (χ0n) is 8.02. The van der Waals surface area contributed by atoms with E-state index >= 15 is 0 Å². The molecule has 0 saturated heterocycles. The second-order valence-electron chi connectivity index (χ2n) is 1.95. The topological polar surface area (TPSA) is 12.9 Å². The summed E-state index contributed by atoms with van der Waals surface area (Å²) in [5.41, 5.74) is 3.77. The van der Waals surface area contributed by atoms with Gasteiger partial charge < -0.3 is 27.2 Å². The van der Waals surface area contributed by atoms with Gasteiger partial charge in [-0.2, -0.15) is 5.69 Å². The number of hydrogen-bond acceptors (Lipinski definition) is 2. The van der Waals surface area contributed by atoms with Crippen molar-refractivity contribution in [3.05, 3.63) is 16.6 Å². The minimum absolute atomic E-state index is 0. The first-order valence-electron chi connectivity index (χ1n) is 3.55. The largest absolute Gasteiger partial charge is 0.573 e. The first-order valence-corrected chi connectivity index (χ1v) is 4.37. The van der Waals surface area contributed by atoms with Gasteiger partial charge in [0.25, 0.3) is 0 Å². The maximum Gasteiger partial charge on any atom is 0 e. The van der Waals surface area contributed by atoms with Gasteiger partial charge in [0.15, 0.2) is 0 Å². The Bertz CT molecular complexity index is 154. The molecule has 0 aliphatic heterocycles. The third-order valence-electron chi connectivity index (χ3n) is 0.914. The van der Waals surface area contributed by atoms with Gasteiger partial charge in [-0.05, 0) is 5.92 Å². The Kier molecular flexibility index (Phi) is 14.9. The molecular weight excluding hydrogens is 595 g/mol. The molecule has 0 spiro atoms. The van der Waals surface area contributed by atoms with Crippen LogP contribution in [0.3, 0.4) is 0 Å². The molecule has 0 fully saturated rings. The van der Waals surface area contributed by atoms with Crippen LogP contribution in [0.5, 0.6) is 0 Å². The molecule has 0 aliphatic carbocycles. The van der Waals surface area contributed by atoms with E-state index in [0.717, 1.165) is 5.69 Å². The third-order valence-corrected chi connectivity index (χ3v) is 1.41. The Morgan fingerprint density at radius 2 is 1.83 bits per heavy atom. The van der Waals surface area contributed by atoms with Gasteiger partial charge in [0, 0.05) is 20.4 Å². The molecule has 1 radical (unpaired) electrons. The van der Waals surface area contributed by atoms with Crippen LogP contribution in [0.1, 0.15) is 39.3 Å². The molecule has 0 aromatic carbocycles. The third kappa shape index (κ3) is 6.03. The predicted octanol–water partition coefficient (Wildman–Crippen LogP) is 2.89. The molecule has 0 amide bonds. The number of thiazole rings is 1. The zero-order chi connectivity index (χ0) is 7.98. The molecule has 12 heavy (non-hydrogen) atoms. The van der Waals surface area contributed by atoms with Crippen LogP contribution in [-0.4, -0.2) is 4.98 Å². The van der Waals surface area contributed by atoms with E-state index in [4.69, 9.17) is 0 Å². The number of nitrogens with zero attached hydrogens (tertiary/aromatic N) is 1. The summed E-state index contributed by atoms with van der Waals surface area (Å²) in [5.74, 6) is 0.498. The molecule has 0 atom stereocenters. The molecule has 1 aromatic rings. The summed E-state index contributed by atoms with van der Waals surface area (Å²) in [5, 5.41) is 3.01. The van der Waals surface area contributed by atoms with Crippen molar-refractivity contribution in [1.29, 1.82) is 0 Å². The molecule has 1 aromatic heterocycles. The van der Waals surface area contributed by atoms with Crippen LogP contribution < -0.4 is 0 Å². The van der Waals surface area contributed by atoms with Crippen LogP contribution in [0.15, 0.2) is 0 Å². The molecule has 1 nitrogen and oxygen atoms in total. The Hall–Kier alpha value is -0.708. The Labute approximate surface area is 86.9 Å². The second-order valence-corrected chi connectivity index (χ2v) is 2.54. The molecule has 4 heteroatoms. The van der Waals surface area contributed by atoms with E-state index in [9.17, 15) is 0 Å². The number of rotatable bonds is 1. The fraction of sp³-hybridized carbons (Fsp3) is 0.625. The van der Waals surface area contributed by atoms with Crippen molar-refractivity contribution < 1.29 is 20.4 Å². The van der Waals surface area contributed by atoms with Crippen molar-refractivity contribution in [3.8, 4) is 0 Å². The van der Waals surface area contributed by atoms with E-state index in [2.05, 4.69) is 29.7 Å². The number of aromatic nitrogens is 1. The summed E-state index contributed by atoms with van der Waals surface area (Å²) in [4.78, 5) is 3.95. The van der Waals surface area contributed by atoms with Gasteiger partial charge in [-0.25, -0.2) is 0 Å². The van der Waals surface area contributed by atoms with Gasteiger partial charge in [-0.15, -0.1) is 0 Å². The maximum atomic E-state index is 3.95. The Morgan fingerprint density at radius 1 is 1.33 bits per heavy atom. The average molecular weight is 608 g/mol. The molecule has 0 aliphatic rings. The fourth-order valence-electron chi connectivity index (χ4n) is 0.417. The Balaban J connectivity index is -0.000000189. The summed E-state index contributed by atoms with van der Waals surface area (Å²) in [6.45, 7) is 8.19. The van der Waals surface area contributed by atoms with Gasteiger partial charge in [0.05, 0.1) is 0 Å². The molecule has 1 heterocycles. The second kappa shape index (κ2) is 10.3. The van der Waals surface area contributed by atoms with E-state index in [1.807, 2.05) is 13.8 Å². The molecule has 0 N–H and O–H groups in total. The van der Waals surface area contributed by atoms with E-state index in [1.165, 1.54) is 11.3 Å². The monoisotopic (exact) mass is 609 g/mol. The van der Waals surface area contributed by atoms with Crippen molar-refractivity contribution in [3.63, 3.8) is 0 Å². The fourth-order valence-corrected chi connectivity index (χ4v) is 0.992. The minimum atomic E-state index is 0. The molecule has 0 bridgehead atoms. The van der Waals surface area contributed by atoms with Gasteiger partial charge in [0.1, 0.15) is 0 Å². The van der Waals surface area contributed by atoms with Crippen LogP contribution >= 0.6 is 11.3 Å². The van der Waals surface area contributed by atoms with Gasteiger partial charge in [0.2, 0.25) is 0 Å². The summed E-state index contributed by atoms with van der Waals surface area (Å²) >= 11 is 1.41. The van der Waals surface area contributed by atoms with E-state index in [1.54, 1.807) is 0 Å². The van der Waals surface area contributed by atoms with Crippen molar-refractivity contribution in [2.75, 3.05) is 0 Å². The van der Waals surface area contributed by atoms with Gasteiger partial charge >= 0.3 is 0 Å². The van der Waals surface area contributed by atoms with E-state index in [-0.39, 0.29) is 20.4 Å². The van der Waals surface area contributed by atoms with Crippen molar-refractivity contribution in [1.82, 2.24) is 4.98 Å². The van der Waals surface area contributed by atoms with E-state index in [0.29, 0.717) is 5.92 Å². The van der Waals surface area contributed by atoms with Gasteiger partial charge in [-0.1, -0.05) is 27.7 Å². The molecular formula is C8H13NReRfS-2. The van der Waals surface area contributed by atoms with Crippen LogP contribution in [0, 0.1) is 10.9 Å². The molecule has 67 valence electrons. The predicted molar refractivity (Wildman–Crippen MR) is 45.2 cm³/mol. The first kappa shape index (κ1) is 17.4. The number of hydrogen-bond donors (Lipinski definition) is 0. The minimum Gasteiger partial charge on any atom is -0.573 e. The van der Waals surface area contributed by atoms with E-state index < -0.39 is 0 Å². The summed E-state index contributed by atoms with van der Waals surface area (Å²) in [7, 11) is 0. The molecule has 1 rings (SSSR count). The van der Waals surface area contributed by atoms with Crippen LogP contribution in [0.25, 0.3) is 0 Å². The van der Waals surface area contributed by atoms with Crippen molar-refractivity contribution in [2.45, 2.75) is 33.6 Å².